The third kappa shape index (κ3) is 6.71. The molecule has 2 amide bonds. The second-order valence-electron chi connectivity index (χ2n) is 6.37. The van der Waals surface area contributed by atoms with E-state index >= 15 is 0 Å². The van der Waals surface area contributed by atoms with Gasteiger partial charge < -0.3 is 10.6 Å². The first-order valence-corrected chi connectivity index (χ1v) is 9.86. The van der Waals surface area contributed by atoms with Crippen LogP contribution in [0, 0.1) is 5.92 Å². The molecule has 2 N–H and O–H groups in total. The third-order valence-corrected chi connectivity index (χ3v) is 5.00. The molecule has 0 aliphatic carbocycles. The Morgan fingerprint density at radius 1 is 1.39 bits per heavy atom. The molecule has 0 spiro atoms. The molecule has 1 saturated heterocycles. The lowest BCUT2D eigenvalue weighted by Crippen LogP contribution is -2.44. The number of rotatable bonds is 7. The number of hydrogen-bond donors (Lipinski definition) is 2. The van der Waals surface area contributed by atoms with Crippen molar-refractivity contribution < 1.29 is 9.00 Å². The van der Waals surface area contributed by atoms with Crippen LogP contribution in [0.4, 0.5) is 4.79 Å². The van der Waals surface area contributed by atoms with Gasteiger partial charge in [-0.05, 0) is 31.4 Å². The molecule has 0 radical (unpaired) electrons. The van der Waals surface area contributed by atoms with E-state index in [0.29, 0.717) is 18.2 Å². The van der Waals surface area contributed by atoms with E-state index in [9.17, 15) is 9.00 Å². The van der Waals surface area contributed by atoms with Crippen LogP contribution in [-0.4, -0.2) is 52.8 Å². The molecule has 6 heteroatoms. The number of carbonyl (C=O) groups excluding carboxylic acids is 1. The van der Waals surface area contributed by atoms with Gasteiger partial charge >= 0.3 is 6.03 Å². The number of carbonyl (C=O) groups is 1. The van der Waals surface area contributed by atoms with Crippen LogP contribution in [-0.2, 0) is 17.3 Å². The number of nitrogens with zero attached hydrogens (tertiary/aromatic N) is 1. The summed E-state index contributed by atoms with van der Waals surface area (Å²) in [6.45, 7) is 5.64. The maximum Gasteiger partial charge on any atom is 0.315 e. The van der Waals surface area contributed by atoms with E-state index in [2.05, 4.69) is 39.8 Å². The minimum absolute atomic E-state index is 0.0704. The Balaban J connectivity index is 1.65. The van der Waals surface area contributed by atoms with Crippen molar-refractivity contribution in [3.8, 4) is 0 Å². The summed E-state index contributed by atoms with van der Waals surface area (Å²) in [6, 6.07) is 10.2. The highest BCUT2D eigenvalue weighted by Crippen LogP contribution is 2.17. The molecule has 1 fully saturated rings. The molecule has 1 aliphatic heterocycles. The second-order valence-corrected chi connectivity index (χ2v) is 7.85. The Bertz CT molecular complexity index is 524. The van der Waals surface area contributed by atoms with Crippen LogP contribution in [0.15, 0.2) is 30.3 Å². The van der Waals surface area contributed by atoms with Crippen molar-refractivity contribution in [3.05, 3.63) is 35.9 Å². The van der Waals surface area contributed by atoms with Gasteiger partial charge in [0.1, 0.15) is 0 Å². The molecule has 128 valence electrons. The van der Waals surface area contributed by atoms with Crippen LogP contribution in [0.3, 0.4) is 0 Å². The number of amides is 2. The molecule has 1 aromatic carbocycles. The second kappa shape index (κ2) is 9.03. The molecule has 1 aromatic rings. The highest BCUT2D eigenvalue weighted by molar-refractivity contribution is 7.84. The SMILES string of the molecule is C[C@H](C[S@](C)=O)NC(=O)NC[C@@H]1CCN(Cc2ccccc2)C1. The van der Waals surface area contributed by atoms with Crippen LogP contribution < -0.4 is 10.6 Å². The normalized spacial score (nSPS) is 20.9. The predicted molar refractivity (Wildman–Crippen MR) is 94.8 cm³/mol. The van der Waals surface area contributed by atoms with Crippen molar-refractivity contribution in [2.24, 2.45) is 5.92 Å². The van der Waals surface area contributed by atoms with Gasteiger partial charge in [0.25, 0.3) is 0 Å². The van der Waals surface area contributed by atoms with Crippen molar-refractivity contribution in [1.29, 1.82) is 0 Å². The molecular weight excluding hydrogens is 310 g/mol. The Morgan fingerprint density at radius 2 is 2.13 bits per heavy atom. The van der Waals surface area contributed by atoms with Gasteiger partial charge in [-0.2, -0.15) is 0 Å². The zero-order valence-corrected chi connectivity index (χ0v) is 14.8. The van der Waals surface area contributed by atoms with Gasteiger partial charge in [-0.15, -0.1) is 0 Å². The number of benzene rings is 1. The van der Waals surface area contributed by atoms with Crippen LogP contribution in [0.2, 0.25) is 0 Å². The summed E-state index contributed by atoms with van der Waals surface area (Å²) < 4.78 is 11.1. The largest absolute Gasteiger partial charge is 0.338 e. The third-order valence-electron chi connectivity index (χ3n) is 4.03. The van der Waals surface area contributed by atoms with E-state index in [1.54, 1.807) is 6.26 Å². The zero-order chi connectivity index (χ0) is 16.7. The summed E-state index contributed by atoms with van der Waals surface area (Å²) in [4.78, 5) is 14.3. The number of urea groups is 1. The number of likely N-dealkylation sites (tertiary alicyclic amines) is 1. The maximum absolute atomic E-state index is 11.8. The van der Waals surface area contributed by atoms with Gasteiger partial charge in [-0.25, -0.2) is 4.79 Å². The minimum Gasteiger partial charge on any atom is -0.338 e. The summed E-state index contributed by atoms with van der Waals surface area (Å²) in [5.74, 6) is 0.988. The standard InChI is InChI=1S/C17H27N3O2S/c1-14(13-23(2)22)19-17(21)18-10-16-8-9-20(12-16)11-15-6-4-3-5-7-15/h3-7,14,16H,8-13H2,1-2H3,(H2,18,19,21)/t14-,16+,23+/m1/s1. The lowest BCUT2D eigenvalue weighted by Gasteiger charge is -2.17. The monoisotopic (exact) mass is 337 g/mol. The Kier molecular flexibility index (Phi) is 7.05. The number of nitrogens with one attached hydrogen (secondary N) is 2. The maximum atomic E-state index is 11.8. The first-order valence-electron chi connectivity index (χ1n) is 8.13. The first kappa shape index (κ1) is 17.9. The molecule has 23 heavy (non-hydrogen) atoms. The van der Waals surface area contributed by atoms with Crippen LogP contribution in [0.5, 0.6) is 0 Å². The van der Waals surface area contributed by atoms with Gasteiger partial charge in [0.2, 0.25) is 0 Å². The average molecular weight is 337 g/mol. The molecule has 0 saturated carbocycles. The van der Waals surface area contributed by atoms with Gasteiger partial charge in [0.15, 0.2) is 0 Å². The molecule has 5 nitrogen and oxygen atoms in total. The van der Waals surface area contributed by atoms with Crippen molar-refractivity contribution in [3.63, 3.8) is 0 Å². The predicted octanol–water partition coefficient (Wildman–Crippen LogP) is 1.57. The molecular formula is C17H27N3O2S. The summed E-state index contributed by atoms with van der Waals surface area (Å²) in [5, 5.41) is 5.77. The molecule has 0 unspecified atom stereocenters. The quantitative estimate of drug-likeness (QED) is 0.794. The van der Waals surface area contributed by atoms with Gasteiger partial charge in [-0.1, -0.05) is 30.3 Å². The fourth-order valence-corrected chi connectivity index (χ4v) is 3.76. The summed E-state index contributed by atoms with van der Waals surface area (Å²) in [6.07, 6.45) is 2.76. The van der Waals surface area contributed by atoms with Gasteiger partial charge in [0, 0.05) is 48.5 Å². The fraction of sp³-hybridized carbons (Fsp3) is 0.588. The molecule has 2 rings (SSSR count). The van der Waals surface area contributed by atoms with Gasteiger partial charge in [-0.3, -0.25) is 9.11 Å². The molecule has 1 heterocycles. The lowest BCUT2D eigenvalue weighted by molar-refractivity contribution is 0.236. The molecule has 0 aromatic heterocycles. The highest BCUT2D eigenvalue weighted by atomic mass is 32.2. The molecule has 3 atom stereocenters. The Hall–Kier alpha value is -1.40. The fourth-order valence-electron chi connectivity index (χ4n) is 2.97. The Labute approximate surface area is 141 Å². The van der Waals surface area contributed by atoms with E-state index in [0.717, 1.165) is 26.1 Å². The average Bonchev–Trinajstić information content (AvgIpc) is 2.93. The van der Waals surface area contributed by atoms with Crippen molar-refractivity contribution in [2.75, 3.05) is 31.6 Å². The van der Waals surface area contributed by atoms with Crippen molar-refractivity contribution in [2.45, 2.75) is 25.9 Å². The van der Waals surface area contributed by atoms with E-state index in [1.165, 1.54) is 5.56 Å². The summed E-state index contributed by atoms with van der Waals surface area (Å²) >= 11 is 0. The molecule has 0 bridgehead atoms. The van der Waals surface area contributed by atoms with Crippen molar-refractivity contribution >= 4 is 16.8 Å². The van der Waals surface area contributed by atoms with E-state index < -0.39 is 10.8 Å². The van der Waals surface area contributed by atoms with E-state index in [4.69, 9.17) is 0 Å². The zero-order valence-electron chi connectivity index (χ0n) is 14.0. The molecule has 1 aliphatic rings. The van der Waals surface area contributed by atoms with Gasteiger partial charge in [0.05, 0.1) is 0 Å². The lowest BCUT2D eigenvalue weighted by atomic mass is 10.1. The first-order chi connectivity index (χ1) is 11.0. The summed E-state index contributed by atoms with van der Waals surface area (Å²) in [5.41, 5.74) is 1.33. The number of hydrogen-bond acceptors (Lipinski definition) is 3. The Morgan fingerprint density at radius 3 is 2.83 bits per heavy atom. The minimum atomic E-state index is -0.891. The van der Waals surface area contributed by atoms with Crippen molar-refractivity contribution in [1.82, 2.24) is 15.5 Å². The summed E-state index contributed by atoms with van der Waals surface area (Å²) in [7, 11) is -0.891. The smallest absolute Gasteiger partial charge is 0.315 e. The van der Waals surface area contributed by atoms with Crippen LogP contribution >= 0.6 is 0 Å². The van der Waals surface area contributed by atoms with Crippen LogP contribution in [0.25, 0.3) is 0 Å². The highest BCUT2D eigenvalue weighted by Gasteiger charge is 2.22. The van der Waals surface area contributed by atoms with Crippen LogP contribution in [0.1, 0.15) is 18.9 Å². The van der Waals surface area contributed by atoms with E-state index in [-0.39, 0.29) is 12.1 Å². The topological polar surface area (TPSA) is 61.4 Å². The van der Waals surface area contributed by atoms with E-state index in [1.807, 2.05) is 13.0 Å².